The van der Waals surface area contributed by atoms with Gasteiger partial charge in [0.2, 0.25) is 7.51 Å². The predicted octanol–water partition coefficient (Wildman–Crippen LogP) is 9.48. The molecule has 0 amide bonds. The summed E-state index contributed by atoms with van der Waals surface area (Å²) in [5, 5.41) is 0. The molecule has 2 aromatic carbocycles. The van der Waals surface area contributed by atoms with Crippen LogP contribution in [0.1, 0.15) is 17.5 Å². The molecule has 0 bridgehead atoms. The monoisotopic (exact) mass is 563 g/mol. The number of hydrogen-bond donors (Lipinski definition) is 0. The van der Waals surface area contributed by atoms with Crippen molar-refractivity contribution in [2.45, 2.75) is 19.5 Å². The van der Waals surface area contributed by atoms with E-state index in [2.05, 4.69) is 13.9 Å². The predicted molar refractivity (Wildman–Crippen MR) is 130 cm³/mol. The van der Waals surface area contributed by atoms with Gasteiger partial charge in [-0.2, -0.15) is 13.5 Å². The Morgan fingerprint density at radius 2 is 1.10 bits per heavy atom. The van der Waals surface area contributed by atoms with Crippen molar-refractivity contribution in [1.82, 2.24) is 9.34 Å². The maximum atomic E-state index is 13.4. The number of rotatable bonds is 4. The van der Waals surface area contributed by atoms with Crippen LogP contribution in [0.4, 0.5) is 8.78 Å². The van der Waals surface area contributed by atoms with Crippen LogP contribution in [0, 0.1) is 11.6 Å². The zero-order valence-corrected chi connectivity index (χ0v) is 21.7. The normalized spacial score (nSPS) is 22.4. The number of nitrogens with zero attached hydrogens (tertiary/aromatic N) is 5. The Kier molecular flexibility index (Phi) is 7.32. The van der Waals surface area contributed by atoms with Crippen LogP contribution in [0.2, 0.25) is 0 Å². The standard InChI is InChI=1S/C17H18Cl4F2N5P3/c18-29(19)24-30(20,21)26-31(25-29)27(12-14-2-6-16(22)7-3-14)10-1-11-28(31)13-15-4-8-17(23)9-5-15/h2-9H,1,10-13H2. The largest absolute Gasteiger partial charge is 0.257 e. The van der Waals surface area contributed by atoms with E-state index in [9.17, 15) is 8.78 Å². The fourth-order valence-electron chi connectivity index (χ4n) is 3.53. The van der Waals surface area contributed by atoms with Crippen molar-refractivity contribution < 1.29 is 8.78 Å². The molecule has 2 aromatic rings. The highest BCUT2D eigenvalue weighted by Gasteiger charge is 2.44. The minimum atomic E-state index is -3.16. The van der Waals surface area contributed by atoms with Gasteiger partial charge in [-0.1, -0.05) is 24.3 Å². The van der Waals surface area contributed by atoms with Crippen molar-refractivity contribution >= 4 is 64.3 Å². The summed E-state index contributed by atoms with van der Waals surface area (Å²) >= 11 is 25.9. The molecule has 0 unspecified atom stereocenters. The molecule has 2 aliphatic heterocycles. The van der Waals surface area contributed by atoms with Crippen LogP contribution in [0.15, 0.2) is 62.1 Å². The van der Waals surface area contributed by atoms with Crippen molar-refractivity contribution in [1.29, 1.82) is 0 Å². The van der Waals surface area contributed by atoms with E-state index in [1.165, 1.54) is 24.3 Å². The molecule has 1 fully saturated rings. The maximum Gasteiger partial charge on any atom is 0.257 e. The lowest BCUT2D eigenvalue weighted by molar-refractivity contribution is 0.302. The Hall–Kier alpha value is 0.0700. The van der Waals surface area contributed by atoms with Crippen LogP contribution in [-0.4, -0.2) is 22.4 Å². The summed E-state index contributed by atoms with van der Waals surface area (Å²) < 4.78 is 44.6. The van der Waals surface area contributed by atoms with E-state index >= 15 is 0 Å². The molecule has 5 nitrogen and oxygen atoms in total. The minimum Gasteiger partial charge on any atom is -0.235 e. The van der Waals surface area contributed by atoms with Crippen molar-refractivity contribution in [2.75, 3.05) is 13.1 Å². The molecular formula is C17H18Cl4F2N5P3. The van der Waals surface area contributed by atoms with Gasteiger partial charge in [-0.15, -0.1) is 0 Å². The van der Waals surface area contributed by atoms with Gasteiger partial charge in [0.15, 0.2) is 0 Å². The number of hydrogen-bond acceptors (Lipinski definition) is 5. The molecular weight excluding hydrogens is 547 g/mol. The summed E-state index contributed by atoms with van der Waals surface area (Å²) in [6.45, 7) is 2.23. The van der Waals surface area contributed by atoms with Crippen molar-refractivity contribution in [3.63, 3.8) is 0 Å². The Morgan fingerprint density at radius 3 is 1.52 bits per heavy atom. The summed E-state index contributed by atoms with van der Waals surface area (Å²) in [5.41, 5.74) is 1.77. The quantitative estimate of drug-likeness (QED) is 0.347. The molecule has 0 aromatic heterocycles. The average Bonchev–Trinajstić information content (AvgIpc) is 2.66. The Bertz CT molecular complexity index is 1060. The van der Waals surface area contributed by atoms with E-state index in [-0.39, 0.29) is 11.6 Å². The summed E-state index contributed by atoms with van der Waals surface area (Å²) in [7, 11) is -2.90. The second kappa shape index (κ2) is 9.37. The molecule has 14 heteroatoms. The van der Waals surface area contributed by atoms with Crippen LogP contribution < -0.4 is 0 Å². The number of halogens is 6. The Balaban J connectivity index is 1.80. The molecule has 2 aliphatic rings. The molecule has 0 saturated carbocycles. The van der Waals surface area contributed by atoms with E-state index in [1.807, 2.05) is 0 Å². The molecule has 1 spiro atoms. The summed E-state index contributed by atoms with van der Waals surface area (Å²) in [6.07, 6.45) is 0.832. The first-order valence-corrected chi connectivity index (χ1v) is 17.9. The highest BCUT2D eigenvalue weighted by molar-refractivity contribution is 8.20. The average molecular weight is 565 g/mol. The fraction of sp³-hybridized carbons (Fsp3) is 0.294. The third-order valence-electron chi connectivity index (χ3n) is 4.82. The van der Waals surface area contributed by atoms with Crippen LogP contribution in [0.3, 0.4) is 0 Å². The zero-order valence-electron chi connectivity index (χ0n) is 16.0. The van der Waals surface area contributed by atoms with Crippen molar-refractivity contribution in [3.05, 3.63) is 71.3 Å². The zero-order chi connectivity index (χ0) is 22.3. The van der Waals surface area contributed by atoms with E-state index in [0.717, 1.165) is 17.5 Å². The lowest BCUT2D eigenvalue weighted by atomic mass is 10.2. The molecule has 0 aliphatic carbocycles. The first-order chi connectivity index (χ1) is 14.6. The second-order valence-corrected chi connectivity index (χ2v) is 20.0. The first-order valence-electron chi connectivity index (χ1n) is 9.27. The van der Waals surface area contributed by atoms with Gasteiger partial charge in [0, 0.05) is 26.2 Å². The van der Waals surface area contributed by atoms with Gasteiger partial charge in [0.1, 0.15) is 11.6 Å². The minimum absolute atomic E-state index is 0.311. The lowest BCUT2D eigenvalue weighted by Gasteiger charge is -2.46. The Labute approximate surface area is 199 Å². The Morgan fingerprint density at radius 1 is 0.677 bits per heavy atom. The van der Waals surface area contributed by atoms with E-state index in [0.29, 0.717) is 26.2 Å². The van der Waals surface area contributed by atoms with Gasteiger partial charge in [-0.3, -0.25) is 0 Å². The number of benzene rings is 2. The first kappa shape index (κ1) is 24.2. The summed E-state index contributed by atoms with van der Waals surface area (Å²) in [4.78, 5) is 0. The molecule has 2 heterocycles. The van der Waals surface area contributed by atoms with E-state index in [4.69, 9.17) is 54.0 Å². The van der Waals surface area contributed by atoms with Gasteiger partial charge >= 0.3 is 0 Å². The van der Waals surface area contributed by atoms with Gasteiger partial charge in [0.25, 0.3) is 11.8 Å². The molecule has 31 heavy (non-hydrogen) atoms. The molecule has 168 valence electrons. The van der Waals surface area contributed by atoms with E-state index < -0.39 is 19.3 Å². The van der Waals surface area contributed by atoms with Gasteiger partial charge in [-0.25, -0.2) is 18.1 Å². The SMILES string of the molecule is Fc1ccc(CN2CCCN(Cc3ccc(F)cc3)P23=NP(Cl)(Cl)=NP(Cl)(Cl)=N3)cc1. The molecule has 0 N–H and O–H groups in total. The van der Waals surface area contributed by atoms with Crippen LogP contribution in [-0.2, 0) is 13.1 Å². The smallest absolute Gasteiger partial charge is 0.235 e. The highest BCUT2D eigenvalue weighted by Crippen LogP contribution is 2.87. The van der Waals surface area contributed by atoms with Crippen molar-refractivity contribution in [3.8, 4) is 0 Å². The van der Waals surface area contributed by atoms with Crippen LogP contribution in [0.25, 0.3) is 0 Å². The lowest BCUT2D eigenvalue weighted by Crippen LogP contribution is -2.38. The van der Waals surface area contributed by atoms with Crippen LogP contribution >= 0.6 is 64.3 Å². The summed E-state index contributed by atoms with van der Waals surface area (Å²) in [5.74, 6) is -6.94. The molecule has 4 rings (SSSR count). The van der Waals surface area contributed by atoms with Gasteiger partial charge in [0.05, 0.1) is 0 Å². The van der Waals surface area contributed by atoms with Crippen LogP contribution in [0.5, 0.6) is 0 Å². The van der Waals surface area contributed by atoms with Gasteiger partial charge < -0.3 is 0 Å². The topological polar surface area (TPSA) is 43.6 Å². The fourth-order valence-corrected chi connectivity index (χ4v) is 20.0. The summed E-state index contributed by atoms with van der Waals surface area (Å²) in [6, 6.07) is 12.5. The van der Waals surface area contributed by atoms with Gasteiger partial charge in [-0.05, 0) is 86.8 Å². The van der Waals surface area contributed by atoms with E-state index in [1.54, 1.807) is 24.3 Å². The third-order valence-corrected chi connectivity index (χ3v) is 17.3. The highest BCUT2D eigenvalue weighted by atomic mass is 35.9. The van der Waals surface area contributed by atoms with Crippen molar-refractivity contribution in [2.24, 2.45) is 13.5 Å². The third kappa shape index (κ3) is 5.77. The molecule has 0 atom stereocenters. The second-order valence-electron chi connectivity index (χ2n) is 7.10. The molecule has 1 saturated heterocycles. The molecule has 0 radical (unpaired) electrons. The maximum absolute atomic E-state index is 13.4.